The SMILES string of the molecule is CCN(CCC#N)Cc1cc(C(=O)O)ccc1F. The molecule has 0 saturated heterocycles. The van der Waals surface area contributed by atoms with Gasteiger partial charge in [0.2, 0.25) is 0 Å². The molecule has 0 fully saturated rings. The van der Waals surface area contributed by atoms with Gasteiger partial charge in [-0.1, -0.05) is 6.92 Å². The highest BCUT2D eigenvalue weighted by Crippen LogP contribution is 2.13. The zero-order valence-electron chi connectivity index (χ0n) is 10.2. The van der Waals surface area contributed by atoms with Gasteiger partial charge >= 0.3 is 5.97 Å². The minimum Gasteiger partial charge on any atom is -0.478 e. The molecule has 18 heavy (non-hydrogen) atoms. The lowest BCUT2D eigenvalue weighted by Gasteiger charge is -2.19. The molecule has 0 aliphatic rings. The van der Waals surface area contributed by atoms with Gasteiger partial charge in [0.15, 0.2) is 0 Å². The quantitative estimate of drug-likeness (QED) is 0.841. The van der Waals surface area contributed by atoms with Gasteiger partial charge in [-0.2, -0.15) is 5.26 Å². The number of nitriles is 1. The molecule has 0 radical (unpaired) electrons. The van der Waals surface area contributed by atoms with E-state index in [1.807, 2.05) is 17.9 Å². The normalized spacial score (nSPS) is 10.3. The Balaban J connectivity index is 2.84. The highest BCUT2D eigenvalue weighted by Gasteiger charge is 2.11. The fraction of sp³-hybridized carbons (Fsp3) is 0.385. The summed E-state index contributed by atoms with van der Waals surface area (Å²) in [5.74, 6) is -1.49. The van der Waals surface area contributed by atoms with Gasteiger partial charge in [0, 0.05) is 25.1 Å². The van der Waals surface area contributed by atoms with Crippen molar-refractivity contribution in [3.63, 3.8) is 0 Å². The molecule has 1 rings (SSSR count). The van der Waals surface area contributed by atoms with E-state index in [1.54, 1.807) is 0 Å². The first-order valence-corrected chi connectivity index (χ1v) is 5.69. The molecular weight excluding hydrogens is 235 g/mol. The summed E-state index contributed by atoms with van der Waals surface area (Å²) in [6.07, 6.45) is 0.369. The lowest BCUT2D eigenvalue weighted by Crippen LogP contribution is -2.24. The number of rotatable bonds is 6. The number of carbonyl (C=O) groups is 1. The van der Waals surface area contributed by atoms with Crippen LogP contribution in [0.5, 0.6) is 0 Å². The van der Waals surface area contributed by atoms with Crippen LogP contribution in [0.25, 0.3) is 0 Å². The average Bonchev–Trinajstić information content (AvgIpc) is 2.36. The van der Waals surface area contributed by atoms with E-state index in [0.717, 1.165) is 6.07 Å². The fourth-order valence-corrected chi connectivity index (χ4v) is 1.63. The van der Waals surface area contributed by atoms with Crippen LogP contribution in [-0.4, -0.2) is 29.1 Å². The van der Waals surface area contributed by atoms with Crippen molar-refractivity contribution in [2.75, 3.05) is 13.1 Å². The summed E-state index contributed by atoms with van der Waals surface area (Å²) in [7, 11) is 0. The van der Waals surface area contributed by atoms with Crippen molar-refractivity contribution < 1.29 is 14.3 Å². The van der Waals surface area contributed by atoms with Crippen molar-refractivity contribution in [1.82, 2.24) is 4.90 Å². The van der Waals surface area contributed by atoms with Crippen LogP contribution in [0, 0.1) is 17.1 Å². The van der Waals surface area contributed by atoms with Crippen LogP contribution in [0.2, 0.25) is 0 Å². The molecule has 5 heteroatoms. The lowest BCUT2D eigenvalue weighted by molar-refractivity contribution is 0.0696. The predicted octanol–water partition coefficient (Wildman–Crippen LogP) is 2.26. The first-order valence-electron chi connectivity index (χ1n) is 5.69. The van der Waals surface area contributed by atoms with Crippen LogP contribution in [0.15, 0.2) is 18.2 Å². The minimum atomic E-state index is -1.07. The van der Waals surface area contributed by atoms with E-state index in [1.165, 1.54) is 12.1 Å². The summed E-state index contributed by atoms with van der Waals surface area (Å²) < 4.78 is 13.6. The highest BCUT2D eigenvalue weighted by molar-refractivity contribution is 5.87. The Hall–Kier alpha value is -1.93. The summed E-state index contributed by atoms with van der Waals surface area (Å²) >= 11 is 0. The molecule has 0 aliphatic heterocycles. The van der Waals surface area contributed by atoms with Gasteiger partial charge < -0.3 is 5.11 Å². The molecule has 0 unspecified atom stereocenters. The smallest absolute Gasteiger partial charge is 0.335 e. The molecule has 0 amide bonds. The van der Waals surface area contributed by atoms with E-state index >= 15 is 0 Å². The van der Waals surface area contributed by atoms with Gasteiger partial charge in [0.1, 0.15) is 5.82 Å². The summed E-state index contributed by atoms with van der Waals surface area (Å²) in [6.45, 7) is 3.45. The van der Waals surface area contributed by atoms with Gasteiger partial charge in [-0.05, 0) is 24.7 Å². The Bertz CT molecular complexity index is 469. The van der Waals surface area contributed by atoms with E-state index in [0.29, 0.717) is 31.6 Å². The number of carboxylic acids is 1. The molecule has 0 aliphatic carbocycles. The molecule has 1 N–H and O–H groups in total. The predicted molar refractivity (Wildman–Crippen MR) is 64.5 cm³/mol. The number of nitrogens with zero attached hydrogens (tertiary/aromatic N) is 2. The zero-order chi connectivity index (χ0) is 13.5. The molecule has 0 aromatic heterocycles. The third kappa shape index (κ3) is 3.82. The van der Waals surface area contributed by atoms with Crippen LogP contribution < -0.4 is 0 Å². The molecule has 0 heterocycles. The van der Waals surface area contributed by atoms with E-state index in [2.05, 4.69) is 0 Å². The zero-order valence-corrected chi connectivity index (χ0v) is 10.2. The Morgan fingerprint density at radius 1 is 1.56 bits per heavy atom. The number of benzene rings is 1. The van der Waals surface area contributed by atoms with Gasteiger partial charge in [0.25, 0.3) is 0 Å². The van der Waals surface area contributed by atoms with E-state index in [4.69, 9.17) is 10.4 Å². The van der Waals surface area contributed by atoms with Crippen LogP contribution in [0.1, 0.15) is 29.3 Å². The van der Waals surface area contributed by atoms with Crippen LogP contribution >= 0.6 is 0 Å². The Morgan fingerprint density at radius 2 is 2.28 bits per heavy atom. The molecule has 4 nitrogen and oxygen atoms in total. The number of hydrogen-bond donors (Lipinski definition) is 1. The third-order valence-electron chi connectivity index (χ3n) is 2.67. The van der Waals surface area contributed by atoms with Crippen LogP contribution in [0.4, 0.5) is 4.39 Å². The lowest BCUT2D eigenvalue weighted by atomic mass is 10.1. The monoisotopic (exact) mass is 250 g/mol. The highest BCUT2D eigenvalue weighted by atomic mass is 19.1. The molecule has 0 atom stereocenters. The Labute approximate surface area is 105 Å². The summed E-state index contributed by atoms with van der Waals surface area (Å²) in [5, 5.41) is 17.4. The largest absolute Gasteiger partial charge is 0.478 e. The van der Waals surface area contributed by atoms with Gasteiger partial charge in [-0.3, -0.25) is 4.90 Å². The van der Waals surface area contributed by atoms with E-state index < -0.39 is 11.8 Å². The maximum absolute atomic E-state index is 13.6. The Kier molecular flexibility index (Phi) is 5.28. The fourth-order valence-electron chi connectivity index (χ4n) is 1.63. The molecule has 0 spiro atoms. The molecule has 0 saturated carbocycles. The topological polar surface area (TPSA) is 64.3 Å². The maximum atomic E-state index is 13.6. The van der Waals surface area contributed by atoms with E-state index in [-0.39, 0.29) is 5.56 Å². The molecule has 1 aromatic rings. The molecule has 0 bridgehead atoms. The summed E-state index contributed by atoms with van der Waals surface area (Å²) in [5.41, 5.74) is 0.414. The van der Waals surface area contributed by atoms with Crippen molar-refractivity contribution in [3.05, 3.63) is 35.1 Å². The second-order valence-corrected chi connectivity index (χ2v) is 3.89. The molecule has 1 aromatic carbocycles. The van der Waals surface area contributed by atoms with Crippen molar-refractivity contribution >= 4 is 5.97 Å². The van der Waals surface area contributed by atoms with Crippen LogP contribution in [0.3, 0.4) is 0 Å². The van der Waals surface area contributed by atoms with E-state index in [9.17, 15) is 9.18 Å². The van der Waals surface area contributed by atoms with Gasteiger partial charge in [0.05, 0.1) is 11.6 Å². The second-order valence-electron chi connectivity index (χ2n) is 3.89. The first-order chi connectivity index (χ1) is 8.58. The third-order valence-corrected chi connectivity index (χ3v) is 2.67. The number of hydrogen-bond acceptors (Lipinski definition) is 3. The number of aromatic carboxylic acids is 1. The average molecular weight is 250 g/mol. The van der Waals surface area contributed by atoms with Gasteiger partial charge in [-0.25, -0.2) is 9.18 Å². The first kappa shape index (κ1) is 14.1. The molecule has 96 valence electrons. The van der Waals surface area contributed by atoms with Gasteiger partial charge in [-0.15, -0.1) is 0 Å². The van der Waals surface area contributed by atoms with Crippen molar-refractivity contribution in [3.8, 4) is 6.07 Å². The standard InChI is InChI=1S/C13H15FN2O2/c1-2-16(7-3-6-15)9-11-8-10(13(17)18)4-5-12(11)14/h4-5,8H,2-3,7,9H2,1H3,(H,17,18). The minimum absolute atomic E-state index is 0.0720. The second kappa shape index (κ2) is 6.72. The number of carboxylic acid groups (broad SMARTS) is 1. The maximum Gasteiger partial charge on any atom is 0.335 e. The van der Waals surface area contributed by atoms with Crippen molar-refractivity contribution in [2.24, 2.45) is 0 Å². The Morgan fingerprint density at radius 3 is 2.83 bits per heavy atom. The summed E-state index contributed by atoms with van der Waals surface area (Å²) in [6, 6.07) is 5.78. The van der Waals surface area contributed by atoms with Crippen molar-refractivity contribution in [2.45, 2.75) is 19.9 Å². The summed E-state index contributed by atoms with van der Waals surface area (Å²) in [4.78, 5) is 12.7. The number of halogens is 1. The van der Waals surface area contributed by atoms with Crippen molar-refractivity contribution in [1.29, 1.82) is 5.26 Å². The van der Waals surface area contributed by atoms with Crippen LogP contribution in [-0.2, 0) is 6.54 Å². The molecular formula is C13H15FN2O2.